The zero-order valence-electron chi connectivity index (χ0n) is 19.9. The predicted octanol–water partition coefficient (Wildman–Crippen LogP) is 4.61. The fourth-order valence-electron chi connectivity index (χ4n) is 4.38. The molecule has 4 rings (SSSR count). The fourth-order valence-corrected chi connectivity index (χ4v) is 5.87. The van der Waals surface area contributed by atoms with E-state index in [0.717, 1.165) is 12.1 Å². The molecule has 1 N–H and O–H groups in total. The average molecular weight is 521 g/mol. The van der Waals surface area contributed by atoms with Gasteiger partial charge in [-0.1, -0.05) is 30.3 Å². The van der Waals surface area contributed by atoms with Gasteiger partial charge in [0.2, 0.25) is 15.9 Å². The number of anilines is 1. The minimum atomic E-state index is -4.43. The van der Waals surface area contributed by atoms with Crippen molar-refractivity contribution < 1.29 is 26.4 Å². The van der Waals surface area contributed by atoms with E-state index in [9.17, 15) is 26.4 Å². The highest BCUT2D eigenvalue weighted by Crippen LogP contribution is 2.30. The van der Waals surface area contributed by atoms with E-state index in [1.54, 1.807) is 54.9 Å². The molecule has 1 saturated heterocycles. The number of halogens is 3. The SMILES string of the molecule is Cc1nn(Cc2cccc(C(F)(F)F)c2)c(C)c1NC(=O)C1CCN(S(=O)(=O)c2ccccc2)CC1. The standard InChI is InChI=1S/C25H27F3N4O3S/c1-17-23(18(2)32(30-17)16-19-7-6-8-21(15-19)25(26,27)28)29-24(33)20-11-13-31(14-12-20)36(34,35)22-9-4-3-5-10-22/h3-10,15,20H,11-14,16H2,1-2H3,(H,29,33). The second-order valence-electron chi connectivity index (χ2n) is 8.88. The van der Waals surface area contributed by atoms with Crippen molar-refractivity contribution in [3.8, 4) is 0 Å². The highest BCUT2D eigenvalue weighted by molar-refractivity contribution is 7.89. The van der Waals surface area contributed by atoms with Crippen molar-refractivity contribution in [2.24, 2.45) is 5.92 Å². The van der Waals surface area contributed by atoms with Crippen LogP contribution in [-0.4, -0.2) is 41.5 Å². The number of nitrogens with one attached hydrogen (secondary N) is 1. The summed E-state index contributed by atoms with van der Waals surface area (Å²) in [7, 11) is -3.60. The van der Waals surface area contributed by atoms with Gasteiger partial charge in [-0.05, 0) is 56.5 Å². The smallest absolute Gasteiger partial charge is 0.323 e. The summed E-state index contributed by atoms with van der Waals surface area (Å²) in [5.74, 6) is -0.589. The van der Waals surface area contributed by atoms with Gasteiger partial charge in [0, 0.05) is 19.0 Å². The highest BCUT2D eigenvalue weighted by atomic mass is 32.2. The number of hydrogen-bond donors (Lipinski definition) is 1. The molecule has 1 amide bonds. The van der Waals surface area contributed by atoms with Crippen LogP contribution in [0.25, 0.3) is 0 Å². The fraction of sp³-hybridized carbons (Fsp3) is 0.360. The van der Waals surface area contributed by atoms with Crippen LogP contribution in [0.2, 0.25) is 0 Å². The van der Waals surface area contributed by atoms with Crippen molar-refractivity contribution in [3.05, 3.63) is 77.1 Å². The summed E-state index contributed by atoms with van der Waals surface area (Å²) < 4.78 is 67.7. The van der Waals surface area contributed by atoms with Gasteiger partial charge in [-0.2, -0.15) is 22.6 Å². The molecule has 0 spiro atoms. The molecule has 7 nitrogen and oxygen atoms in total. The average Bonchev–Trinajstić information content (AvgIpc) is 3.11. The van der Waals surface area contributed by atoms with E-state index < -0.39 is 21.8 Å². The number of hydrogen-bond acceptors (Lipinski definition) is 4. The summed E-state index contributed by atoms with van der Waals surface area (Å²) in [6, 6.07) is 13.3. The third-order valence-electron chi connectivity index (χ3n) is 6.42. The van der Waals surface area contributed by atoms with Gasteiger partial charge in [-0.3, -0.25) is 9.48 Å². The molecule has 1 aromatic heterocycles. The van der Waals surface area contributed by atoms with Crippen LogP contribution in [-0.2, 0) is 27.5 Å². The molecular formula is C25H27F3N4O3S. The van der Waals surface area contributed by atoms with Gasteiger partial charge in [-0.15, -0.1) is 0 Å². The number of amides is 1. The second-order valence-corrected chi connectivity index (χ2v) is 10.8. The lowest BCUT2D eigenvalue weighted by Crippen LogP contribution is -2.41. The van der Waals surface area contributed by atoms with E-state index in [1.165, 1.54) is 10.4 Å². The predicted molar refractivity (Wildman–Crippen MR) is 129 cm³/mol. The molecule has 36 heavy (non-hydrogen) atoms. The lowest BCUT2D eigenvalue weighted by Gasteiger charge is -2.30. The second kappa shape index (κ2) is 10.1. The molecule has 1 aliphatic rings. The first-order valence-corrected chi connectivity index (χ1v) is 13.0. The molecule has 192 valence electrons. The topological polar surface area (TPSA) is 84.3 Å². The third-order valence-corrected chi connectivity index (χ3v) is 8.33. The molecule has 1 aliphatic heterocycles. The Balaban J connectivity index is 1.41. The summed E-state index contributed by atoms with van der Waals surface area (Å²) in [6.07, 6.45) is -3.66. The van der Waals surface area contributed by atoms with Crippen LogP contribution >= 0.6 is 0 Å². The molecule has 2 heterocycles. The van der Waals surface area contributed by atoms with Crippen molar-refractivity contribution in [1.82, 2.24) is 14.1 Å². The Bertz CT molecular complexity index is 1350. The Morgan fingerprint density at radius 1 is 1.06 bits per heavy atom. The van der Waals surface area contributed by atoms with Crippen LogP contribution in [0.4, 0.5) is 18.9 Å². The van der Waals surface area contributed by atoms with Crippen molar-refractivity contribution in [3.63, 3.8) is 0 Å². The van der Waals surface area contributed by atoms with Gasteiger partial charge < -0.3 is 5.32 Å². The number of alkyl halides is 3. The van der Waals surface area contributed by atoms with Gasteiger partial charge in [0.15, 0.2) is 0 Å². The number of nitrogens with zero attached hydrogens (tertiary/aromatic N) is 3. The number of carbonyl (C=O) groups is 1. The van der Waals surface area contributed by atoms with Crippen LogP contribution in [0, 0.1) is 19.8 Å². The third kappa shape index (κ3) is 5.46. The van der Waals surface area contributed by atoms with E-state index in [0.29, 0.717) is 35.5 Å². The van der Waals surface area contributed by atoms with Gasteiger partial charge in [0.1, 0.15) is 0 Å². The number of rotatable bonds is 6. The van der Waals surface area contributed by atoms with Crippen molar-refractivity contribution in [2.75, 3.05) is 18.4 Å². The van der Waals surface area contributed by atoms with E-state index in [1.807, 2.05) is 0 Å². The Morgan fingerprint density at radius 2 is 1.72 bits per heavy atom. The zero-order valence-corrected chi connectivity index (χ0v) is 20.7. The Morgan fingerprint density at radius 3 is 2.36 bits per heavy atom. The Hall–Kier alpha value is -3.18. The Labute approximate surface area is 208 Å². The first-order valence-electron chi connectivity index (χ1n) is 11.5. The lowest BCUT2D eigenvalue weighted by molar-refractivity contribution is -0.137. The molecular weight excluding hydrogens is 493 g/mol. The first kappa shape index (κ1) is 25.9. The van der Waals surface area contributed by atoms with E-state index in [4.69, 9.17) is 0 Å². The highest BCUT2D eigenvalue weighted by Gasteiger charge is 2.33. The summed E-state index contributed by atoms with van der Waals surface area (Å²) >= 11 is 0. The summed E-state index contributed by atoms with van der Waals surface area (Å²) in [4.78, 5) is 13.2. The molecule has 2 aromatic carbocycles. The van der Waals surface area contributed by atoms with Crippen molar-refractivity contribution >= 4 is 21.6 Å². The van der Waals surface area contributed by atoms with Gasteiger partial charge >= 0.3 is 6.18 Å². The Kier molecular flexibility index (Phi) is 7.24. The van der Waals surface area contributed by atoms with Crippen molar-refractivity contribution in [2.45, 2.75) is 44.3 Å². The maximum atomic E-state index is 13.0. The van der Waals surface area contributed by atoms with Crippen LogP contribution in [0.15, 0.2) is 59.5 Å². The maximum Gasteiger partial charge on any atom is 0.416 e. The molecule has 0 aliphatic carbocycles. The van der Waals surface area contributed by atoms with E-state index in [-0.39, 0.29) is 36.4 Å². The van der Waals surface area contributed by atoms with Crippen molar-refractivity contribution in [1.29, 1.82) is 0 Å². The summed E-state index contributed by atoms with van der Waals surface area (Å²) in [5, 5.41) is 7.31. The quantitative estimate of drug-likeness (QED) is 0.515. The van der Waals surface area contributed by atoms with E-state index >= 15 is 0 Å². The normalized spacial score (nSPS) is 15.7. The number of aromatic nitrogens is 2. The maximum absolute atomic E-state index is 13.0. The monoisotopic (exact) mass is 520 g/mol. The molecule has 0 saturated carbocycles. The van der Waals surface area contributed by atoms with E-state index in [2.05, 4.69) is 10.4 Å². The molecule has 0 bridgehead atoms. The van der Waals surface area contributed by atoms with Crippen LogP contribution in [0.1, 0.15) is 35.4 Å². The summed E-state index contributed by atoms with van der Waals surface area (Å²) in [5.41, 5.74) is 1.42. The minimum Gasteiger partial charge on any atom is -0.323 e. The largest absolute Gasteiger partial charge is 0.416 e. The summed E-state index contributed by atoms with van der Waals surface area (Å²) in [6.45, 7) is 4.07. The molecule has 11 heteroatoms. The van der Waals surface area contributed by atoms with Crippen LogP contribution in [0.5, 0.6) is 0 Å². The van der Waals surface area contributed by atoms with Crippen LogP contribution in [0.3, 0.4) is 0 Å². The van der Waals surface area contributed by atoms with Gasteiger partial charge in [-0.25, -0.2) is 8.42 Å². The van der Waals surface area contributed by atoms with Gasteiger partial charge in [0.25, 0.3) is 0 Å². The lowest BCUT2D eigenvalue weighted by atomic mass is 9.97. The van der Waals surface area contributed by atoms with Gasteiger partial charge in [0.05, 0.1) is 34.1 Å². The molecule has 1 fully saturated rings. The number of benzene rings is 2. The molecule has 0 atom stereocenters. The number of aryl methyl sites for hydroxylation is 1. The molecule has 0 unspecified atom stereocenters. The molecule has 0 radical (unpaired) electrons. The minimum absolute atomic E-state index is 0.127. The number of carbonyl (C=O) groups excluding carboxylic acids is 1. The molecule has 3 aromatic rings. The number of piperidine rings is 1. The first-order chi connectivity index (χ1) is 17.0. The van der Waals surface area contributed by atoms with Crippen LogP contribution < -0.4 is 5.32 Å². The number of sulfonamides is 1. The zero-order chi connectivity index (χ0) is 26.1.